The number of nitrogens with one attached hydrogen (secondary N) is 4. The van der Waals surface area contributed by atoms with Gasteiger partial charge in [-0.2, -0.15) is 5.10 Å². The molecule has 23 heavy (non-hydrogen) atoms. The van der Waals surface area contributed by atoms with Crippen molar-refractivity contribution in [1.29, 1.82) is 5.41 Å². The van der Waals surface area contributed by atoms with E-state index in [0.717, 1.165) is 36.8 Å². The van der Waals surface area contributed by atoms with Crippen LogP contribution in [-0.4, -0.2) is 33.6 Å². The molecule has 0 spiro atoms. The van der Waals surface area contributed by atoms with Crippen molar-refractivity contribution in [3.05, 3.63) is 18.5 Å². The maximum absolute atomic E-state index is 12.5. The van der Waals surface area contributed by atoms with Crippen LogP contribution in [0.15, 0.2) is 18.5 Å². The average Bonchev–Trinajstić information content (AvgIpc) is 3.03. The number of hydrogen-bond donors (Lipinski definition) is 5. The van der Waals surface area contributed by atoms with Gasteiger partial charge in [-0.1, -0.05) is 0 Å². The third-order valence-corrected chi connectivity index (χ3v) is 4.41. The minimum absolute atomic E-state index is 0.00619. The molecule has 8 heteroatoms. The van der Waals surface area contributed by atoms with Crippen LogP contribution in [0.2, 0.25) is 0 Å². The normalized spacial score (nSPS) is 21.0. The van der Waals surface area contributed by atoms with Gasteiger partial charge in [0.15, 0.2) is 11.6 Å². The van der Waals surface area contributed by atoms with E-state index in [-0.39, 0.29) is 17.8 Å². The van der Waals surface area contributed by atoms with E-state index in [9.17, 15) is 4.79 Å². The van der Waals surface area contributed by atoms with Gasteiger partial charge in [0.2, 0.25) is 5.91 Å². The van der Waals surface area contributed by atoms with Crippen molar-refractivity contribution < 1.29 is 4.79 Å². The van der Waals surface area contributed by atoms with Crippen LogP contribution in [0.5, 0.6) is 0 Å². The summed E-state index contributed by atoms with van der Waals surface area (Å²) in [7, 11) is 0. The van der Waals surface area contributed by atoms with Crippen molar-refractivity contribution in [2.45, 2.75) is 25.7 Å². The Balaban J connectivity index is 1.56. The number of nitrogens with zero attached hydrogens (tertiary/aromatic N) is 2. The van der Waals surface area contributed by atoms with Gasteiger partial charge >= 0.3 is 0 Å². The second-order valence-electron chi connectivity index (χ2n) is 5.99. The molecule has 1 aliphatic rings. The Morgan fingerprint density at radius 2 is 2.17 bits per heavy atom. The Morgan fingerprint density at radius 3 is 2.91 bits per heavy atom. The molecule has 2 heterocycles. The summed E-state index contributed by atoms with van der Waals surface area (Å²) in [6.07, 6.45) is 6.97. The second kappa shape index (κ2) is 6.64. The first-order valence-corrected chi connectivity index (χ1v) is 7.80. The van der Waals surface area contributed by atoms with Crippen LogP contribution in [0.1, 0.15) is 25.7 Å². The maximum Gasteiger partial charge on any atom is 0.227 e. The molecule has 1 aliphatic carbocycles. The summed E-state index contributed by atoms with van der Waals surface area (Å²) in [5, 5.41) is 20.6. The highest BCUT2D eigenvalue weighted by Gasteiger charge is 2.26. The summed E-state index contributed by atoms with van der Waals surface area (Å²) in [4.78, 5) is 16.6. The van der Waals surface area contributed by atoms with Crippen molar-refractivity contribution in [2.24, 2.45) is 17.6 Å². The van der Waals surface area contributed by atoms with Crippen LogP contribution < -0.4 is 16.4 Å². The van der Waals surface area contributed by atoms with Gasteiger partial charge < -0.3 is 16.4 Å². The van der Waals surface area contributed by atoms with Gasteiger partial charge in [-0.3, -0.25) is 15.3 Å². The highest BCUT2D eigenvalue weighted by Crippen LogP contribution is 2.30. The lowest BCUT2D eigenvalue weighted by Crippen LogP contribution is -2.36. The first-order chi connectivity index (χ1) is 11.1. The number of aromatic nitrogens is 3. The molecule has 122 valence electrons. The lowest BCUT2D eigenvalue weighted by molar-refractivity contribution is -0.121. The van der Waals surface area contributed by atoms with E-state index < -0.39 is 0 Å². The number of rotatable bonds is 4. The fourth-order valence-electron chi connectivity index (χ4n) is 3.08. The number of carbonyl (C=O) groups is 1. The summed E-state index contributed by atoms with van der Waals surface area (Å²) in [6, 6.07) is 1.79. The molecule has 2 aromatic heterocycles. The van der Waals surface area contributed by atoms with Crippen molar-refractivity contribution in [1.82, 2.24) is 20.5 Å². The van der Waals surface area contributed by atoms with E-state index >= 15 is 0 Å². The molecule has 0 unspecified atom stereocenters. The molecule has 0 bridgehead atoms. The maximum atomic E-state index is 12.5. The first kappa shape index (κ1) is 15.3. The van der Waals surface area contributed by atoms with E-state index in [4.69, 9.17) is 11.1 Å². The SMILES string of the molecule is N=C(N)NC[C@H]1CC[C@H](C(=O)Nc2ccnc3[nH]ncc23)CC1. The molecule has 2 aromatic rings. The van der Waals surface area contributed by atoms with Gasteiger partial charge in [-0.25, -0.2) is 4.98 Å². The van der Waals surface area contributed by atoms with Gasteiger partial charge in [0.1, 0.15) is 0 Å². The van der Waals surface area contributed by atoms with Gasteiger partial charge in [-0.15, -0.1) is 0 Å². The fourth-order valence-corrected chi connectivity index (χ4v) is 3.08. The van der Waals surface area contributed by atoms with Crippen LogP contribution >= 0.6 is 0 Å². The molecule has 0 saturated heterocycles. The number of nitrogens with two attached hydrogens (primary N) is 1. The Hall–Kier alpha value is -2.64. The Labute approximate surface area is 133 Å². The first-order valence-electron chi connectivity index (χ1n) is 7.80. The number of aromatic amines is 1. The quantitative estimate of drug-likeness (QED) is 0.427. The van der Waals surface area contributed by atoms with Crippen LogP contribution in [0.4, 0.5) is 5.69 Å². The molecule has 1 fully saturated rings. The molecule has 3 rings (SSSR count). The molecule has 0 aromatic carbocycles. The summed E-state index contributed by atoms with van der Waals surface area (Å²) < 4.78 is 0. The van der Waals surface area contributed by atoms with E-state index in [1.807, 2.05) is 0 Å². The van der Waals surface area contributed by atoms with E-state index in [1.165, 1.54) is 0 Å². The lowest BCUT2D eigenvalue weighted by atomic mass is 9.81. The minimum atomic E-state index is 0.00619. The molecule has 1 amide bonds. The predicted octanol–water partition coefficient (Wildman–Crippen LogP) is 1.19. The summed E-state index contributed by atoms with van der Waals surface area (Å²) in [5.74, 6) is 0.562. The van der Waals surface area contributed by atoms with E-state index in [0.29, 0.717) is 18.1 Å². The van der Waals surface area contributed by atoms with Crippen molar-refractivity contribution in [2.75, 3.05) is 11.9 Å². The highest BCUT2D eigenvalue weighted by atomic mass is 16.1. The van der Waals surface area contributed by atoms with Crippen LogP contribution in [0.25, 0.3) is 11.0 Å². The molecule has 8 nitrogen and oxygen atoms in total. The lowest BCUT2D eigenvalue weighted by Gasteiger charge is -2.28. The predicted molar refractivity (Wildman–Crippen MR) is 87.9 cm³/mol. The molecule has 0 radical (unpaired) electrons. The van der Waals surface area contributed by atoms with Crippen LogP contribution in [-0.2, 0) is 4.79 Å². The summed E-state index contributed by atoms with van der Waals surface area (Å²) >= 11 is 0. The van der Waals surface area contributed by atoms with Crippen molar-refractivity contribution >= 4 is 28.6 Å². The largest absolute Gasteiger partial charge is 0.370 e. The molecule has 1 saturated carbocycles. The number of fused-ring (bicyclic) bond motifs is 1. The van der Waals surface area contributed by atoms with E-state index in [2.05, 4.69) is 25.8 Å². The number of carbonyl (C=O) groups excluding carboxylic acids is 1. The van der Waals surface area contributed by atoms with Gasteiger partial charge in [-0.05, 0) is 37.7 Å². The molecule has 6 N–H and O–H groups in total. The number of amides is 1. The molecule has 0 aliphatic heterocycles. The topological polar surface area (TPSA) is 133 Å². The monoisotopic (exact) mass is 315 g/mol. The third kappa shape index (κ3) is 3.58. The number of pyridine rings is 1. The van der Waals surface area contributed by atoms with Gasteiger partial charge in [0, 0.05) is 18.7 Å². The minimum Gasteiger partial charge on any atom is -0.370 e. The zero-order valence-electron chi connectivity index (χ0n) is 12.8. The number of anilines is 1. The molecule has 0 atom stereocenters. The highest BCUT2D eigenvalue weighted by molar-refractivity contribution is 6.00. The third-order valence-electron chi connectivity index (χ3n) is 4.41. The number of guanidine groups is 1. The van der Waals surface area contributed by atoms with Crippen molar-refractivity contribution in [3.63, 3.8) is 0 Å². The van der Waals surface area contributed by atoms with Crippen LogP contribution in [0, 0.1) is 17.2 Å². The number of H-pyrrole nitrogens is 1. The fraction of sp³-hybridized carbons (Fsp3) is 0.467. The second-order valence-corrected chi connectivity index (χ2v) is 5.99. The zero-order chi connectivity index (χ0) is 16.2. The smallest absolute Gasteiger partial charge is 0.227 e. The van der Waals surface area contributed by atoms with Gasteiger partial charge in [0.05, 0.1) is 17.3 Å². The number of hydrogen-bond acceptors (Lipinski definition) is 4. The van der Waals surface area contributed by atoms with Crippen LogP contribution in [0.3, 0.4) is 0 Å². The summed E-state index contributed by atoms with van der Waals surface area (Å²) in [5.41, 5.74) is 6.72. The molecular formula is C15H21N7O. The molecular weight excluding hydrogens is 294 g/mol. The standard InChI is InChI=1S/C15H21N7O/c16-15(17)19-7-9-1-3-10(4-2-9)14(23)21-12-5-6-18-13-11(12)8-20-22-13/h5-6,8-10H,1-4,7H2,(H4,16,17,19)(H2,18,20,21,22,23)/t9-,10-. The zero-order valence-corrected chi connectivity index (χ0v) is 12.8. The van der Waals surface area contributed by atoms with E-state index in [1.54, 1.807) is 18.5 Å². The average molecular weight is 315 g/mol. The Morgan fingerprint density at radius 1 is 1.39 bits per heavy atom. The Kier molecular flexibility index (Phi) is 4.40. The van der Waals surface area contributed by atoms with Gasteiger partial charge in [0.25, 0.3) is 0 Å². The Bertz CT molecular complexity index is 703. The summed E-state index contributed by atoms with van der Waals surface area (Å²) in [6.45, 7) is 0.712. The van der Waals surface area contributed by atoms with Crippen molar-refractivity contribution in [3.8, 4) is 0 Å².